The number of rotatable bonds is 1. The summed E-state index contributed by atoms with van der Waals surface area (Å²) in [5, 5.41) is 2.84. The van der Waals surface area contributed by atoms with Crippen molar-refractivity contribution in [2.75, 3.05) is 13.1 Å². The highest BCUT2D eigenvalue weighted by Crippen LogP contribution is 1.97. The summed E-state index contributed by atoms with van der Waals surface area (Å²) in [6.45, 7) is 1.14. The maximum Gasteiger partial charge on any atom is 0.240 e. The van der Waals surface area contributed by atoms with E-state index in [-0.39, 0.29) is 11.8 Å². The number of aliphatic imine (C=N–C) groups is 1. The summed E-state index contributed by atoms with van der Waals surface area (Å²) in [6, 6.07) is 0. The highest BCUT2D eigenvalue weighted by molar-refractivity contribution is 5.79. The molecule has 0 aliphatic carbocycles. The minimum absolute atomic E-state index is 0.116. The fraction of sp³-hybridized carbons (Fsp3) is 0.600. The van der Waals surface area contributed by atoms with Crippen molar-refractivity contribution in [3.05, 3.63) is 0 Å². The summed E-state index contributed by atoms with van der Waals surface area (Å²) in [7, 11) is 0. The molecule has 0 fully saturated rings. The van der Waals surface area contributed by atoms with Crippen LogP contribution < -0.4 is 16.6 Å². The second-order valence-electron chi connectivity index (χ2n) is 2.11. The van der Waals surface area contributed by atoms with Gasteiger partial charge in [-0.1, -0.05) is 0 Å². The van der Waals surface area contributed by atoms with Crippen LogP contribution in [0.3, 0.4) is 0 Å². The fourth-order valence-corrected chi connectivity index (χ4v) is 0.797. The van der Waals surface area contributed by atoms with Crippen LogP contribution >= 0.6 is 0 Å². The highest BCUT2D eigenvalue weighted by atomic mass is 16.2. The minimum atomic E-state index is -0.163. The Balaban J connectivity index is 2.41. The number of nitrogens with one attached hydrogen (secondary N) is 2. The molecule has 0 radical (unpaired) electrons. The third kappa shape index (κ3) is 1.44. The van der Waals surface area contributed by atoms with Crippen LogP contribution in [0.2, 0.25) is 0 Å². The Labute approximate surface area is 58.7 Å². The first-order valence-electron chi connectivity index (χ1n) is 3.06. The van der Waals surface area contributed by atoms with Crippen LogP contribution in [0, 0.1) is 5.92 Å². The Bertz CT molecular complexity index is 156. The van der Waals surface area contributed by atoms with Gasteiger partial charge in [0.25, 0.3) is 0 Å². The van der Waals surface area contributed by atoms with Crippen LogP contribution in [0.4, 0.5) is 0 Å². The maximum atomic E-state index is 10.8. The Kier molecular flexibility index (Phi) is 2.22. The minimum Gasteiger partial charge on any atom is -0.376 e. The Hall–Kier alpha value is -1.10. The lowest BCUT2D eigenvalue weighted by Crippen LogP contribution is -2.43. The lowest BCUT2D eigenvalue weighted by molar-refractivity contribution is -0.124. The Morgan fingerprint density at radius 2 is 2.70 bits per heavy atom. The van der Waals surface area contributed by atoms with Gasteiger partial charge in [-0.3, -0.25) is 15.2 Å². The molecule has 5 nitrogen and oxygen atoms in total. The summed E-state index contributed by atoms with van der Waals surface area (Å²) < 4.78 is 0. The summed E-state index contributed by atoms with van der Waals surface area (Å²) in [4.78, 5) is 14.7. The molecule has 0 aromatic heterocycles. The number of amides is 1. The van der Waals surface area contributed by atoms with E-state index >= 15 is 0 Å². The number of hydrazine groups is 1. The van der Waals surface area contributed by atoms with E-state index in [2.05, 4.69) is 15.7 Å². The molecule has 1 heterocycles. The lowest BCUT2D eigenvalue weighted by atomic mass is 10.1. The van der Waals surface area contributed by atoms with E-state index in [1.54, 1.807) is 6.34 Å². The Morgan fingerprint density at radius 3 is 3.20 bits per heavy atom. The van der Waals surface area contributed by atoms with Gasteiger partial charge in [0.15, 0.2) is 0 Å². The van der Waals surface area contributed by atoms with Gasteiger partial charge in [-0.25, -0.2) is 5.84 Å². The van der Waals surface area contributed by atoms with Gasteiger partial charge in [0, 0.05) is 6.54 Å². The summed E-state index contributed by atoms with van der Waals surface area (Å²) in [6.07, 6.45) is 1.60. The Morgan fingerprint density at radius 1 is 1.90 bits per heavy atom. The maximum absolute atomic E-state index is 10.8. The molecule has 0 aromatic carbocycles. The molecule has 5 heteroatoms. The normalized spacial score (nSPS) is 23.5. The number of nitrogens with zero attached hydrogens (tertiary/aromatic N) is 1. The predicted molar refractivity (Wildman–Crippen MR) is 37.2 cm³/mol. The number of hydrogen-bond donors (Lipinski definition) is 3. The van der Waals surface area contributed by atoms with Crippen molar-refractivity contribution in [3.63, 3.8) is 0 Å². The van der Waals surface area contributed by atoms with Crippen LogP contribution in [-0.2, 0) is 4.79 Å². The molecule has 1 atom stereocenters. The van der Waals surface area contributed by atoms with Crippen molar-refractivity contribution in [1.29, 1.82) is 0 Å². The zero-order valence-electron chi connectivity index (χ0n) is 5.50. The smallest absolute Gasteiger partial charge is 0.240 e. The third-order valence-electron chi connectivity index (χ3n) is 1.39. The van der Waals surface area contributed by atoms with Crippen LogP contribution in [-0.4, -0.2) is 25.3 Å². The molecular weight excluding hydrogens is 132 g/mol. The van der Waals surface area contributed by atoms with Gasteiger partial charge in [-0.2, -0.15) is 0 Å². The molecule has 0 saturated heterocycles. The van der Waals surface area contributed by atoms with Gasteiger partial charge < -0.3 is 5.32 Å². The highest BCUT2D eigenvalue weighted by Gasteiger charge is 2.17. The molecule has 4 N–H and O–H groups in total. The van der Waals surface area contributed by atoms with E-state index in [1.807, 2.05) is 0 Å². The van der Waals surface area contributed by atoms with Crippen molar-refractivity contribution >= 4 is 12.2 Å². The molecule has 1 unspecified atom stereocenters. The molecule has 1 rings (SSSR count). The van der Waals surface area contributed by atoms with E-state index in [0.29, 0.717) is 13.1 Å². The van der Waals surface area contributed by atoms with Crippen molar-refractivity contribution in [2.24, 2.45) is 16.8 Å². The van der Waals surface area contributed by atoms with Gasteiger partial charge in [0.1, 0.15) is 0 Å². The zero-order valence-corrected chi connectivity index (χ0v) is 5.50. The first kappa shape index (κ1) is 7.01. The van der Waals surface area contributed by atoms with Gasteiger partial charge >= 0.3 is 0 Å². The molecule has 0 saturated carbocycles. The van der Waals surface area contributed by atoms with Crippen molar-refractivity contribution in [3.8, 4) is 0 Å². The average molecular weight is 142 g/mol. The van der Waals surface area contributed by atoms with Crippen LogP contribution in [0.15, 0.2) is 4.99 Å². The topological polar surface area (TPSA) is 79.5 Å². The van der Waals surface area contributed by atoms with E-state index in [4.69, 9.17) is 5.84 Å². The molecule has 1 amide bonds. The second kappa shape index (κ2) is 3.17. The second-order valence-corrected chi connectivity index (χ2v) is 2.11. The van der Waals surface area contributed by atoms with E-state index in [0.717, 1.165) is 0 Å². The van der Waals surface area contributed by atoms with Gasteiger partial charge in [-0.05, 0) is 0 Å². The standard InChI is InChI=1S/C5H10N4O/c6-9-5(10)4-1-7-3-8-2-4/h3-4H,1-2,6H2,(H,7,8)(H,9,10). The number of nitrogens with two attached hydrogens (primary N) is 1. The zero-order chi connectivity index (χ0) is 7.40. The SMILES string of the molecule is NNC(=O)C1CN=CNC1. The fourth-order valence-electron chi connectivity index (χ4n) is 0.797. The monoisotopic (exact) mass is 142 g/mol. The van der Waals surface area contributed by atoms with Crippen molar-refractivity contribution in [1.82, 2.24) is 10.7 Å². The van der Waals surface area contributed by atoms with Crippen LogP contribution in [0.5, 0.6) is 0 Å². The molecule has 0 spiro atoms. The molecule has 10 heavy (non-hydrogen) atoms. The molecule has 1 aliphatic heterocycles. The van der Waals surface area contributed by atoms with Crippen molar-refractivity contribution in [2.45, 2.75) is 0 Å². The largest absolute Gasteiger partial charge is 0.376 e. The molecular formula is C5H10N4O. The van der Waals surface area contributed by atoms with Gasteiger partial charge in [-0.15, -0.1) is 0 Å². The predicted octanol–water partition coefficient (Wildman–Crippen LogP) is -1.78. The third-order valence-corrected chi connectivity index (χ3v) is 1.39. The number of carbonyl (C=O) groups is 1. The number of hydrogen-bond acceptors (Lipinski definition) is 4. The molecule has 1 aliphatic rings. The van der Waals surface area contributed by atoms with Crippen LogP contribution in [0.1, 0.15) is 0 Å². The van der Waals surface area contributed by atoms with E-state index in [9.17, 15) is 4.79 Å². The van der Waals surface area contributed by atoms with Crippen molar-refractivity contribution < 1.29 is 4.79 Å². The summed E-state index contributed by atoms with van der Waals surface area (Å²) >= 11 is 0. The van der Waals surface area contributed by atoms with Crippen LogP contribution in [0.25, 0.3) is 0 Å². The van der Waals surface area contributed by atoms with E-state index in [1.165, 1.54) is 0 Å². The quantitative estimate of drug-likeness (QED) is 0.230. The average Bonchev–Trinajstić information content (AvgIpc) is 2.05. The summed E-state index contributed by atoms with van der Waals surface area (Å²) in [5.41, 5.74) is 2.08. The molecule has 56 valence electrons. The van der Waals surface area contributed by atoms with E-state index < -0.39 is 0 Å². The van der Waals surface area contributed by atoms with Gasteiger partial charge in [0.05, 0.1) is 18.8 Å². The number of carbonyl (C=O) groups excluding carboxylic acids is 1. The molecule has 0 aromatic rings. The lowest BCUT2D eigenvalue weighted by Gasteiger charge is -2.15. The van der Waals surface area contributed by atoms with Gasteiger partial charge in [0.2, 0.25) is 5.91 Å². The first-order valence-corrected chi connectivity index (χ1v) is 3.06. The first-order chi connectivity index (χ1) is 4.84. The summed E-state index contributed by atoms with van der Waals surface area (Å²) in [5.74, 6) is 4.65. The molecule has 0 bridgehead atoms.